The van der Waals surface area contributed by atoms with Crippen LogP contribution in [0.4, 0.5) is 0 Å². The fourth-order valence-corrected chi connectivity index (χ4v) is 3.95. The van der Waals surface area contributed by atoms with Crippen LogP contribution in [-0.2, 0) is 27.5 Å². The van der Waals surface area contributed by atoms with E-state index in [1.807, 2.05) is 0 Å². The van der Waals surface area contributed by atoms with Crippen LogP contribution in [0.25, 0.3) is 0 Å². The molecule has 0 spiro atoms. The number of alkyl halides is 1. The monoisotopic (exact) mass is 399 g/mol. The molecule has 2 N–H and O–H groups in total. The lowest BCUT2D eigenvalue weighted by Crippen LogP contribution is -2.52. The van der Waals surface area contributed by atoms with Gasteiger partial charge in [0, 0.05) is 23.2 Å². The smallest absolute Gasteiger partial charge is 0.256 e. The Morgan fingerprint density at radius 2 is 2.22 bits per heavy atom. The lowest BCUT2D eigenvalue weighted by Gasteiger charge is -2.29. The second-order valence-electron chi connectivity index (χ2n) is 5.36. The lowest BCUT2D eigenvalue weighted by molar-refractivity contribution is -0.137. The molecule has 122 valence electrons. The second kappa shape index (κ2) is 6.40. The van der Waals surface area contributed by atoms with E-state index in [0.717, 1.165) is 10.4 Å². The number of nitrogens with zero attached hydrogens (tertiary/aromatic N) is 1. The summed E-state index contributed by atoms with van der Waals surface area (Å²) < 4.78 is 0. The number of carbonyl (C=O) groups is 4. The van der Waals surface area contributed by atoms with Crippen LogP contribution in [0.2, 0.25) is 0 Å². The number of halogens is 1. The molecule has 0 radical (unpaired) electrons. The minimum atomic E-state index is -0.609. The van der Waals surface area contributed by atoms with Crippen LogP contribution in [-0.4, -0.2) is 39.9 Å². The molecule has 1 aromatic rings. The molecule has 2 aliphatic rings. The summed E-state index contributed by atoms with van der Waals surface area (Å²) in [6.45, 7) is 0.699. The Bertz CT molecular complexity index is 702. The van der Waals surface area contributed by atoms with Crippen molar-refractivity contribution in [2.45, 2.75) is 32.0 Å². The molecule has 0 unspecified atom stereocenters. The third kappa shape index (κ3) is 3.02. The van der Waals surface area contributed by atoms with Crippen LogP contribution in [0.1, 0.15) is 33.6 Å². The fraction of sp³-hybridized carbons (Fsp3) is 0.429. The van der Waals surface area contributed by atoms with Crippen LogP contribution in [0.5, 0.6) is 0 Å². The Kier molecular flexibility index (Phi) is 4.49. The number of hydrogen-bond donors (Lipinski definition) is 2. The molecular weight excluding hydrogens is 386 g/mol. The Hall–Kier alpha value is -1.74. The standard InChI is InChI=1S/C14H14BrN3O4S/c15-3-12(20)16-4-10-7-5-18(14(22)8(7)6-23-10)9-1-2-11(19)17-13(9)21/h6,9H,1-5H2,(H,16,20)(H,17,19,21)/t9-/m0/s1. The molecule has 0 saturated carbocycles. The molecule has 23 heavy (non-hydrogen) atoms. The van der Waals surface area contributed by atoms with Gasteiger partial charge >= 0.3 is 0 Å². The van der Waals surface area contributed by atoms with Crippen molar-refractivity contribution in [3.63, 3.8) is 0 Å². The van der Waals surface area contributed by atoms with Gasteiger partial charge in [-0.25, -0.2) is 0 Å². The number of nitrogens with one attached hydrogen (secondary N) is 2. The third-order valence-corrected chi connectivity index (χ3v) is 5.49. The number of thiophene rings is 1. The first-order valence-corrected chi connectivity index (χ1v) is 9.08. The van der Waals surface area contributed by atoms with Gasteiger partial charge < -0.3 is 10.2 Å². The Balaban J connectivity index is 1.74. The average Bonchev–Trinajstić information content (AvgIpc) is 3.06. The fourth-order valence-electron chi connectivity index (χ4n) is 2.78. The number of amides is 4. The van der Waals surface area contributed by atoms with Crippen molar-refractivity contribution in [3.8, 4) is 0 Å². The van der Waals surface area contributed by atoms with Crippen LogP contribution in [0, 0.1) is 0 Å². The summed E-state index contributed by atoms with van der Waals surface area (Å²) in [4.78, 5) is 49.5. The van der Waals surface area contributed by atoms with Gasteiger partial charge in [-0.3, -0.25) is 24.5 Å². The largest absolute Gasteiger partial charge is 0.350 e. The first-order valence-electron chi connectivity index (χ1n) is 7.07. The highest BCUT2D eigenvalue weighted by Crippen LogP contribution is 2.33. The summed E-state index contributed by atoms with van der Waals surface area (Å²) in [5, 5.41) is 7.02. The van der Waals surface area contributed by atoms with Crippen LogP contribution >= 0.6 is 27.3 Å². The molecule has 3 heterocycles. The molecular formula is C14H14BrN3O4S. The molecule has 1 saturated heterocycles. The zero-order valence-electron chi connectivity index (χ0n) is 12.1. The topological polar surface area (TPSA) is 95.6 Å². The van der Waals surface area contributed by atoms with Gasteiger partial charge in [-0.05, 0) is 12.0 Å². The molecule has 1 fully saturated rings. The molecule has 1 aromatic heterocycles. The van der Waals surface area contributed by atoms with E-state index in [1.165, 1.54) is 16.2 Å². The second-order valence-corrected chi connectivity index (χ2v) is 6.89. The molecule has 1 atom stereocenters. The van der Waals surface area contributed by atoms with Gasteiger partial charge in [-0.2, -0.15) is 0 Å². The molecule has 0 bridgehead atoms. The number of piperidine rings is 1. The molecule has 2 aliphatic heterocycles. The molecule has 0 aliphatic carbocycles. The Morgan fingerprint density at radius 3 is 2.91 bits per heavy atom. The van der Waals surface area contributed by atoms with Gasteiger partial charge in [-0.15, -0.1) is 11.3 Å². The van der Waals surface area contributed by atoms with Crippen molar-refractivity contribution in [3.05, 3.63) is 21.4 Å². The van der Waals surface area contributed by atoms with Gasteiger partial charge in [0.2, 0.25) is 17.7 Å². The zero-order chi connectivity index (χ0) is 16.6. The Labute approximate surface area is 144 Å². The number of fused-ring (bicyclic) bond motifs is 1. The number of imide groups is 1. The minimum Gasteiger partial charge on any atom is -0.350 e. The average molecular weight is 400 g/mol. The van der Waals surface area contributed by atoms with Gasteiger partial charge in [0.1, 0.15) is 6.04 Å². The summed E-state index contributed by atoms with van der Waals surface area (Å²) >= 11 is 4.51. The van der Waals surface area contributed by atoms with Crippen molar-refractivity contribution in [1.82, 2.24) is 15.5 Å². The summed E-state index contributed by atoms with van der Waals surface area (Å²) in [7, 11) is 0. The molecule has 7 nitrogen and oxygen atoms in total. The highest BCUT2D eigenvalue weighted by Gasteiger charge is 2.40. The maximum atomic E-state index is 12.5. The molecule has 0 aromatic carbocycles. The van der Waals surface area contributed by atoms with Crippen LogP contribution in [0.3, 0.4) is 0 Å². The lowest BCUT2D eigenvalue weighted by atomic mass is 10.0. The van der Waals surface area contributed by atoms with Crippen LogP contribution in [0.15, 0.2) is 5.38 Å². The van der Waals surface area contributed by atoms with E-state index in [0.29, 0.717) is 25.1 Å². The predicted octanol–water partition coefficient (Wildman–Crippen LogP) is 0.520. The summed E-state index contributed by atoms with van der Waals surface area (Å²) in [6.07, 6.45) is 0.584. The predicted molar refractivity (Wildman–Crippen MR) is 86.0 cm³/mol. The molecule has 4 amide bonds. The number of carbonyl (C=O) groups excluding carboxylic acids is 4. The van der Waals surface area contributed by atoms with Gasteiger partial charge in [0.15, 0.2) is 0 Å². The van der Waals surface area contributed by atoms with Gasteiger partial charge in [-0.1, -0.05) is 15.9 Å². The highest BCUT2D eigenvalue weighted by atomic mass is 79.9. The highest BCUT2D eigenvalue weighted by molar-refractivity contribution is 9.09. The van der Waals surface area contributed by atoms with E-state index in [2.05, 4.69) is 26.6 Å². The zero-order valence-corrected chi connectivity index (χ0v) is 14.5. The quantitative estimate of drug-likeness (QED) is 0.569. The van der Waals surface area contributed by atoms with E-state index in [-0.39, 0.29) is 29.5 Å². The van der Waals surface area contributed by atoms with E-state index in [4.69, 9.17) is 0 Å². The normalized spacial score (nSPS) is 20.5. The van der Waals surface area contributed by atoms with Crippen molar-refractivity contribution in [2.24, 2.45) is 0 Å². The third-order valence-electron chi connectivity index (χ3n) is 3.95. The maximum absolute atomic E-state index is 12.5. The number of rotatable bonds is 4. The van der Waals surface area contributed by atoms with Crippen molar-refractivity contribution in [2.75, 3.05) is 5.33 Å². The van der Waals surface area contributed by atoms with E-state index < -0.39 is 11.9 Å². The van der Waals surface area contributed by atoms with Gasteiger partial charge in [0.05, 0.1) is 17.4 Å². The van der Waals surface area contributed by atoms with E-state index in [9.17, 15) is 19.2 Å². The van der Waals surface area contributed by atoms with Crippen molar-refractivity contribution in [1.29, 1.82) is 0 Å². The van der Waals surface area contributed by atoms with E-state index >= 15 is 0 Å². The summed E-state index contributed by atoms with van der Waals surface area (Å²) in [6, 6.07) is -0.609. The first kappa shape index (κ1) is 16.1. The van der Waals surface area contributed by atoms with Crippen molar-refractivity contribution < 1.29 is 19.2 Å². The SMILES string of the molecule is O=C(CBr)NCc1scc2c1CN([C@H]1CCC(=O)NC1=O)C2=O. The minimum absolute atomic E-state index is 0.126. The maximum Gasteiger partial charge on any atom is 0.256 e. The Morgan fingerprint density at radius 1 is 1.43 bits per heavy atom. The summed E-state index contributed by atoms with van der Waals surface area (Å²) in [5.74, 6) is -1.04. The van der Waals surface area contributed by atoms with Crippen LogP contribution < -0.4 is 10.6 Å². The molecule has 3 rings (SSSR count). The number of hydrogen-bond acceptors (Lipinski definition) is 5. The summed E-state index contributed by atoms with van der Waals surface area (Å²) in [5.41, 5.74) is 1.45. The molecule has 9 heteroatoms. The first-order chi connectivity index (χ1) is 11.0. The van der Waals surface area contributed by atoms with E-state index in [1.54, 1.807) is 5.38 Å². The van der Waals surface area contributed by atoms with Gasteiger partial charge in [0.25, 0.3) is 5.91 Å². The van der Waals surface area contributed by atoms with Crippen molar-refractivity contribution >= 4 is 50.9 Å².